The smallest absolute Gasteiger partial charge is 0.211 e. The van der Waals surface area contributed by atoms with Crippen LogP contribution in [0.15, 0.2) is 0 Å². The van der Waals surface area contributed by atoms with Crippen LogP contribution < -0.4 is 10.0 Å². The van der Waals surface area contributed by atoms with Crippen LogP contribution in [0.25, 0.3) is 0 Å². The van der Waals surface area contributed by atoms with Crippen molar-refractivity contribution in [1.82, 2.24) is 10.0 Å². The van der Waals surface area contributed by atoms with Crippen LogP contribution in [0.2, 0.25) is 0 Å². The maximum Gasteiger partial charge on any atom is 0.211 e. The third-order valence-electron chi connectivity index (χ3n) is 3.45. The average molecular weight is 309 g/mol. The Morgan fingerprint density at radius 1 is 1.26 bits per heavy atom. The number of thioether (sulfide) groups is 1. The quantitative estimate of drug-likeness (QED) is 0.605. The molecular formula is C13H28N2O2S2. The molecule has 1 atom stereocenters. The lowest BCUT2D eigenvalue weighted by Crippen LogP contribution is -2.37. The van der Waals surface area contributed by atoms with E-state index in [4.69, 9.17) is 0 Å². The fourth-order valence-electron chi connectivity index (χ4n) is 2.39. The molecule has 1 rings (SSSR count). The molecule has 1 fully saturated rings. The van der Waals surface area contributed by atoms with Crippen molar-refractivity contribution in [3.8, 4) is 0 Å². The number of piperidine rings is 1. The van der Waals surface area contributed by atoms with Gasteiger partial charge in [-0.25, -0.2) is 13.1 Å². The first kappa shape index (κ1) is 17.3. The van der Waals surface area contributed by atoms with Crippen LogP contribution in [0.4, 0.5) is 0 Å². The van der Waals surface area contributed by atoms with Crippen LogP contribution >= 0.6 is 11.8 Å². The number of rotatable bonds is 10. The number of unbranched alkanes of at least 4 members (excludes halogenated alkanes) is 3. The standard InChI is InChI=1S/C13H28N2O2S2/c1-18-10-5-3-2-4-9-15-19(16,17)12-13-7-6-8-14-11-13/h13-15H,2-12H2,1H3. The summed E-state index contributed by atoms with van der Waals surface area (Å²) in [4.78, 5) is 0. The van der Waals surface area contributed by atoms with E-state index in [-0.39, 0.29) is 11.7 Å². The Hall–Kier alpha value is 0.220. The summed E-state index contributed by atoms with van der Waals surface area (Å²) in [6.07, 6.45) is 8.76. The molecule has 1 unspecified atom stereocenters. The molecule has 0 aliphatic carbocycles. The minimum Gasteiger partial charge on any atom is -0.316 e. The van der Waals surface area contributed by atoms with Crippen molar-refractivity contribution in [1.29, 1.82) is 0 Å². The number of sulfonamides is 1. The maximum atomic E-state index is 11.9. The van der Waals surface area contributed by atoms with Gasteiger partial charge < -0.3 is 5.32 Å². The van der Waals surface area contributed by atoms with E-state index in [1.54, 1.807) is 0 Å². The molecule has 0 bridgehead atoms. The number of hydrogen-bond acceptors (Lipinski definition) is 4. The lowest BCUT2D eigenvalue weighted by Gasteiger charge is -2.22. The first-order chi connectivity index (χ1) is 9.14. The summed E-state index contributed by atoms with van der Waals surface area (Å²) < 4.78 is 26.5. The Bertz CT molecular complexity index is 315. The van der Waals surface area contributed by atoms with Gasteiger partial charge in [-0.2, -0.15) is 11.8 Å². The highest BCUT2D eigenvalue weighted by Crippen LogP contribution is 2.12. The summed E-state index contributed by atoms with van der Waals surface area (Å²) in [5.41, 5.74) is 0. The van der Waals surface area contributed by atoms with Gasteiger partial charge in [0.2, 0.25) is 10.0 Å². The minimum atomic E-state index is -3.07. The highest BCUT2D eigenvalue weighted by molar-refractivity contribution is 7.98. The molecule has 1 aliphatic heterocycles. The molecule has 4 nitrogen and oxygen atoms in total. The van der Waals surface area contributed by atoms with Crippen molar-refractivity contribution < 1.29 is 8.42 Å². The van der Waals surface area contributed by atoms with Gasteiger partial charge in [0.25, 0.3) is 0 Å². The van der Waals surface area contributed by atoms with Gasteiger partial charge in [0.05, 0.1) is 5.75 Å². The highest BCUT2D eigenvalue weighted by atomic mass is 32.2. The third-order valence-corrected chi connectivity index (χ3v) is 5.70. The molecule has 0 aromatic carbocycles. The SMILES string of the molecule is CSCCCCCCNS(=O)(=O)CC1CCCNC1. The first-order valence-corrected chi connectivity index (χ1v) is 10.4. The first-order valence-electron chi connectivity index (χ1n) is 7.31. The van der Waals surface area contributed by atoms with E-state index in [9.17, 15) is 8.42 Å². The van der Waals surface area contributed by atoms with Crippen LogP contribution in [0.1, 0.15) is 38.5 Å². The van der Waals surface area contributed by atoms with Gasteiger partial charge in [0.1, 0.15) is 0 Å². The van der Waals surface area contributed by atoms with Crippen LogP contribution in [0.3, 0.4) is 0 Å². The van der Waals surface area contributed by atoms with E-state index in [1.807, 2.05) is 11.8 Å². The molecule has 6 heteroatoms. The summed E-state index contributed by atoms with van der Waals surface area (Å²) in [6.45, 7) is 2.47. The third kappa shape index (κ3) is 8.89. The van der Waals surface area contributed by atoms with E-state index in [0.717, 1.165) is 38.8 Å². The molecule has 0 saturated carbocycles. The van der Waals surface area contributed by atoms with E-state index >= 15 is 0 Å². The van der Waals surface area contributed by atoms with Crippen LogP contribution in [-0.2, 0) is 10.0 Å². The molecule has 1 heterocycles. The molecule has 114 valence electrons. The fraction of sp³-hybridized carbons (Fsp3) is 1.00. The average Bonchev–Trinajstić information content (AvgIpc) is 2.38. The van der Waals surface area contributed by atoms with E-state index in [2.05, 4.69) is 16.3 Å². The Morgan fingerprint density at radius 2 is 2.05 bits per heavy atom. The molecule has 19 heavy (non-hydrogen) atoms. The molecule has 0 spiro atoms. The predicted octanol–water partition coefficient (Wildman–Crippen LogP) is 1.83. The Balaban J connectivity index is 2.06. The van der Waals surface area contributed by atoms with Gasteiger partial charge in [-0.05, 0) is 56.7 Å². The van der Waals surface area contributed by atoms with Gasteiger partial charge in [-0.3, -0.25) is 0 Å². The molecular weight excluding hydrogens is 280 g/mol. The zero-order chi connectivity index (χ0) is 14.0. The molecule has 0 aromatic heterocycles. The van der Waals surface area contributed by atoms with E-state index in [1.165, 1.54) is 18.6 Å². The zero-order valence-electron chi connectivity index (χ0n) is 12.0. The summed E-state index contributed by atoms with van der Waals surface area (Å²) in [5.74, 6) is 1.78. The number of nitrogens with one attached hydrogen (secondary N) is 2. The monoisotopic (exact) mass is 308 g/mol. The lowest BCUT2D eigenvalue weighted by atomic mass is 10.0. The minimum absolute atomic E-state index is 0.284. The van der Waals surface area contributed by atoms with Gasteiger partial charge in [-0.1, -0.05) is 12.8 Å². The van der Waals surface area contributed by atoms with Crippen molar-refractivity contribution in [3.05, 3.63) is 0 Å². The largest absolute Gasteiger partial charge is 0.316 e. The number of hydrogen-bond donors (Lipinski definition) is 2. The second-order valence-corrected chi connectivity index (χ2v) is 8.13. The molecule has 0 amide bonds. The predicted molar refractivity (Wildman–Crippen MR) is 84.2 cm³/mol. The van der Waals surface area contributed by atoms with E-state index < -0.39 is 10.0 Å². The normalized spacial score (nSPS) is 20.6. The van der Waals surface area contributed by atoms with Gasteiger partial charge in [-0.15, -0.1) is 0 Å². The van der Waals surface area contributed by atoms with E-state index in [0.29, 0.717) is 6.54 Å². The van der Waals surface area contributed by atoms with Crippen molar-refractivity contribution in [3.63, 3.8) is 0 Å². The Kier molecular flexibility index (Phi) is 9.11. The summed E-state index contributed by atoms with van der Waals surface area (Å²) in [5, 5.41) is 3.26. The maximum absolute atomic E-state index is 11.9. The van der Waals surface area contributed by atoms with Crippen molar-refractivity contribution in [2.24, 2.45) is 5.92 Å². The molecule has 0 aromatic rings. The molecule has 1 saturated heterocycles. The molecule has 0 radical (unpaired) electrons. The van der Waals surface area contributed by atoms with Crippen molar-refractivity contribution in [2.75, 3.05) is 37.4 Å². The summed E-state index contributed by atoms with van der Waals surface area (Å²) in [7, 11) is -3.07. The lowest BCUT2D eigenvalue weighted by molar-refractivity contribution is 0.402. The second-order valence-electron chi connectivity index (χ2n) is 5.30. The van der Waals surface area contributed by atoms with Crippen LogP contribution in [0.5, 0.6) is 0 Å². The van der Waals surface area contributed by atoms with Crippen LogP contribution in [-0.4, -0.2) is 45.8 Å². The summed E-state index contributed by atoms with van der Waals surface area (Å²) >= 11 is 1.87. The Morgan fingerprint density at radius 3 is 2.74 bits per heavy atom. The van der Waals surface area contributed by atoms with Crippen LogP contribution in [0, 0.1) is 5.92 Å². The fourth-order valence-corrected chi connectivity index (χ4v) is 4.36. The van der Waals surface area contributed by atoms with Gasteiger partial charge in [0.15, 0.2) is 0 Å². The second kappa shape index (κ2) is 10.0. The molecule has 2 N–H and O–H groups in total. The Labute approximate surface area is 122 Å². The zero-order valence-corrected chi connectivity index (χ0v) is 13.6. The molecule has 1 aliphatic rings. The van der Waals surface area contributed by atoms with Gasteiger partial charge >= 0.3 is 0 Å². The van der Waals surface area contributed by atoms with Crippen molar-refractivity contribution >= 4 is 21.8 Å². The van der Waals surface area contributed by atoms with Gasteiger partial charge in [0, 0.05) is 6.54 Å². The highest BCUT2D eigenvalue weighted by Gasteiger charge is 2.20. The van der Waals surface area contributed by atoms with Crippen molar-refractivity contribution in [2.45, 2.75) is 38.5 Å². The topological polar surface area (TPSA) is 58.2 Å². The summed E-state index contributed by atoms with van der Waals surface area (Å²) in [6, 6.07) is 0.